The molecule has 12 heteroatoms. The minimum absolute atomic E-state index is 0.194. The van der Waals surface area contributed by atoms with Crippen LogP contribution < -0.4 is 10.6 Å². The molecule has 2 fully saturated rings. The van der Waals surface area contributed by atoms with E-state index in [1.165, 1.54) is 11.1 Å². The van der Waals surface area contributed by atoms with Crippen molar-refractivity contribution >= 4 is 39.0 Å². The largest absolute Gasteiger partial charge is 0.379 e. The predicted octanol–water partition coefficient (Wildman–Crippen LogP) is 5.22. The summed E-state index contributed by atoms with van der Waals surface area (Å²) >= 11 is 6.69. The fourth-order valence-electron chi connectivity index (χ4n) is 6.39. The van der Waals surface area contributed by atoms with Gasteiger partial charge in [-0.1, -0.05) is 37.6 Å². The Morgan fingerprint density at radius 1 is 1.05 bits per heavy atom. The number of piperidine rings is 1. The molecule has 44 heavy (non-hydrogen) atoms. The van der Waals surface area contributed by atoms with Crippen molar-refractivity contribution in [2.45, 2.75) is 66.0 Å². The number of morpholine rings is 1. The van der Waals surface area contributed by atoms with Crippen LogP contribution in [0, 0.1) is 32.6 Å². The molecule has 1 aromatic heterocycles. The molecule has 0 saturated carbocycles. The Morgan fingerprint density at radius 2 is 1.77 bits per heavy atom. The highest BCUT2D eigenvalue weighted by molar-refractivity contribution is 7.89. The molecule has 242 valence electrons. The molecule has 4 heterocycles. The van der Waals surface area contributed by atoms with E-state index in [0.717, 1.165) is 62.6 Å². The second-order valence-electron chi connectivity index (χ2n) is 12.7. The van der Waals surface area contributed by atoms with Crippen LogP contribution in [-0.2, 0) is 14.8 Å². The van der Waals surface area contributed by atoms with Gasteiger partial charge in [-0.2, -0.15) is 5.10 Å². The standard InChI is InChI=1S/C32H48ClN7O3S/c1-21-18-28(33)32(35-30-20-24(4)37-38-30)36-31(25(21)5)34-29-19-22(2)27(17-23(29)3)26-7-10-40(11-8-26)44(41,42)16-6-9-39-12-14-43-15-13-39/h17-21,25-26,31,34H,6-16H2,1-5H3,(H2,35,36,37,38). The summed E-state index contributed by atoms with van der Waals surface area (Å²) in [6, 6.07) is 6.42. The van der Waals surface area contributed by atoms with E-state index < -0.39 is 10.0 Å². The van der Waals surface area contributed by atoms with Crippen molar-refractivity contribution in [2.75, 3.05) is 62.3 Å². The molecule has 0 aliphatic carbocycles. The van der Waals surface area contributed by atoms with Gasteiger partial charge in [0.05, 0.1) is 24.0 Å². The summed E-state index contributed by atoms with van der Waals surface area (Å²) in [5, 5.41) is 14.8. The summed E-state index contributed by atoms with van der Waals surface area (Å²) in [7, 11) is -3.24. The zero-order chi connectivity index (χ0) is 31.4. The normalized spacial score (nSPS) is 24.5. The molecule has 3 atom stereocenters. The summed E-state index contributed by atoms with van der Waals surface area (Å²) in [5.41, 5.74) is 5.68. The number of nitrogens with one attached hydrogen (secondary N) is 3. The van der Waals surface area contributed by atoms with Gasteiger partial charge in [0.2, 0.25) is 10.0 Å². The van der Waals surface area contributed by atoms with Crippen molar-refractivity contribution in [3.05, 3.63) is 51.7 Å². The Labute approximate surface area is 267 Å². The lowest BCUT2D eigenvalue weighted by molar-refractivity contribution is 0.0380. The lowest BCUT2D eigenvalue weighted by atomic mass is 9.86. The van der Waals surface area contributed by atoms with Crippen LogP contribution in [0.2, 0.25) is 0 Å². The number of amidine groups is 1. The summed E-state index contributed by atoms with van der Waals surface area (Å²) in [6.45, 7) is 15.8. The van der Waals surface area contributed by atoms with Gasteiger partial charge in [-0.15, -0.1) is 0 Å². The molecule has 3 unspecified atom stereocenters. The second kappa shape index (κ2) is 14.3. The topological polar surface area (TPSA) is 115 Å². The van der Waals surface area contributed by atoms with Gasteiger partial charge in [0.1, 0.15) is 12.0 Å². The monoisotopic (exact) mass is 645 g/mol. The smallest absolute Gasteiger partial charge is 0.214 e. The first-order valence-electron chi connectivity index (χ1n) is 15.9. The number of H-pyrrole nitrogens is 1. The van der Waals surface area contributed by atoms with E-state index in [4.69, 9.17) is 21.3 Å². The summed E-state index contributed by atoms with van der Waals surface area (Å²) in [4.78, 5) is 7.31. The first-order valence-corrected chi connectivity index (χ1v) is 17.9. The molecule has 2 saturated heterocycles. The van der Waals surface area contributed by atoms with Gasteiger partial charge >= 0.3 is 0 Å². The number of aryl methyl sites for hydroxylation is 3. The van der Waals surface area contributed by atoms with Gasteiger partial charge in [-0.05, 0) is 81.2 Å². The van der Waals surface area contributed by atoms with Gasteiger partial charge < -0.3 is 15.4 Å². The number of benzene rings is 1. The van der Waals surface area contributed by atoms with Crippen LogP contribution in [0.15, 0.2) is 34.3 Å². The molecule has 0 spiro atoms. The van der Waals surface area contributed by atoms with Gasteiger partial charge in [0.15, 0.2) is 5.82 Å². The highest BCUT2D eigenvalue weighted by atomic mass is 35.5. The van der Waals surface area contributed by atoms with E-state index in [9.17, 15) is 8.42 Å². The molecule has 2 aromatic rings. The van der Waals surface area contributed by atoms with E-state index in [-0.39, 0.29) is 23.8 Å². The van der Waals surface area contributed by atoms with Gasteiger partial charge in [0.25, 0.3) is 0 Å². The first kappa shape index (κ1) is 32.9. The molecular formula is C32H48ClN7O3S. The quantitative estimate of drug-likeness (QED) is 0.342. The Morgan fingerprint density at radius 3 is 2.45 bits per heavy atom. The molecule has 1 aromatic carbocycles. The number of nitrogens with zero attached hydrogens (tertiary/aromatic N) is 4. The molecule has 3 N–H and O–H groups in total. The van der Waals surface area contributed by atoms with Crippen LogP contribution in [-0.4, -0.2) is 91.5 Å². The Kier molecular flexibility index (Phi) is 10.7. The number of allylic oxidation sites excluding steroid dienone is 1. The fourth-order valence-corrected chi connectivity index (χ4v) is 8.20. The number of rotatable bonds is 9. The molecular weight excluding hydrogens is 598 g/mol. The van der Waals surface area contributed by atoms with Gasteiger partial charge in [-0.3, -0.25) is 10.00 Å². The molecule has 5 rings (SSSR count). The maximum Gasteiger partial charge on any atom is 0.214 e. The maximum atomic E-state index is 13.1. The van der Waals surface area contributed by atoms with Crippen LogP contribution in [0.5, 0.6) is 0 Å². The molecule has 10 nitrogen and oxygen atoms in total. The number of halogens is 1. The van der Waals surface area contributed by atoms with Crippen LogP contribution in [0.3, 0.4) is 0 Å². The predicted molar refractivity (Wildman–Crippen MR) is 179 cm³/mol. The Bertz CT molecular complexity index is 1460. The summed E-state index contributed by atoms with van der Waals surface area (Å²) < 4.78 is 33.3. The number of sulfonamides is 1. The van der Waals surface area contributed by atoms with E-state index in [2.05, 4.69) is 71.6 Å². The highest BCUT2D eigenvalue weighted by Gasteiger charge is 2.31. The zero-order valence-corrected chi connectivity index (χ0v) is 28.3. The minimum Gasteiger partial charge on any atom is -0.379 e. The number of aromatic nitrogens is 2. The molecule has 3 aliphatic heterocycles. The first-order chi connectivity index (χ1) is 21.0. The minimum atomic E-state index is -3.24. The van der Waals surface area contributed by atoms with Crippen molar-refractivity contribution in [1.29, 1.82) is 0 Å². The average Bonchev–Trinajstić information content (AvgIpc) is 3.38. The van der Waals surface area contributed by atoms with Crippen molar-refractivity contribution in [1.82, 2.24) is 19.4 Å². The third-order valence-electron chi connectivity index (χ3n) is 9.37. The van der Waals surface area contributed by atoms with Crippen LogP contribution in [0.25, 0.3) is 0 Å². The fraction of sp³-hybridized carbons (Fsp3) is 0.625. The van der Waals surface area contributed by atoms with Crippen molar-refractivity contribution in [2.24, 2.45) is 16.8 Å². The highest BCUT2D eigenvalue weighted by Crippen LogP contribution is 2.35. The van der Waals surface area contributed by atoms with Gasteiger partial charge in [-0.25, -0.2) is 17.7 Å². The van der Waals surface area contributed by atoms with Crippen molar-refractivity contribution in [3.63, 3.8) is 0 Å². The lowest BCUT2D eigenvalue weighted by Gasteiger charge is -2.33. The summed E-state index contributed by atoms with van der Waals surface area (Å²) in [5.74, 6) is 2.24. The van der Waals surface area contributed by atoms with Crippen molar-refractivity contribution in [3.8, 4) is 0 Å². The van der Waals surface area contributed by atoms with Gasteiger partial charge in [0, 0.05) is 49.5 Å². The second-order valence-corrected chi connectivity index (χ2v) is 15.2. The van der Waals surface area contributed by atoms with E-state index in [1.807, 2.05) is 13.0 Å². The van der Waals surface area contributed by atoms with E-state index in [1.54, 1.807) is 4.31 Å². The Hall–Kier alpha value is -2.44. The van der Waals surface area contributed by atoms with E-state index in [0.29, 0.717) is 42.1 Å². The molecule has 0 bridgehead atoms. The Balaban J connectivity index is 1.22. The molecule has 0 amide bonds. The third kappa shape index (κ3) is 8.04. The number of anilines is 2. The number of hydrogen-bond donors (Lipinski definition) is 3. The molecule has 3 aliphatic rings. The molecule has 0 radical (unpaired) electrons. The van der Waals surface area contributed by atoms with E-state index >= 15 is 0 Å². The number of aromatic amines is 1. The SMILES string of the molecule is Cc1cc(NC2=NC(Nc3cc(C)c(C4CCN(S(=O)(=O)CCCN5CCOCC5)CC4)cc3C)C(C)C(C)C=C2Cl)n[nH]1. The van der Waals surface area contributed by atoms with Crippen LogP contribution in [0.1, 0.15) is 61.4 Å². The third-order valence-corrected chi connectivity index (χ3v) is 11.6. The van der Waals surface area contributed by atoms with Crippen LogP contribution >= 0.6 is 11.6 Å². The number of ether oxygens (including phenoxy) is 1. The maximum absolute atomic E-state index is 13.1. The average molecular weight is 646 g/mol. The zero-order valence-electron chi connectivity index (χ0n) is 26.7. The number of hydrogen-bond acceptors (Lipinski definition) is 8. The lowest BCUT2D eigenvalue weighted by Crippen LogP contribution is -2.41. The van der Waals surface area contributed by atoms with Crippen LogP contribution in [0.4, 0.5) is 11.5 Å². The summed E-state index contributed by atoms with van der Waals surface area (Å²) in [6.07, 6.45) is 4.20. The number of aliphatic imine (C=N–C) groups is 1. The van der Waals surface area contributed by atoms with Crippen molar-refractivity contribution < 1.29 is 13.2 Å².